The molecule has 128 valence electrons. The summed E-state index contributed by atoms with van der Waals surface area (Å²) in [7, 11) is -1.93. The zero-order valence-electron chi connectivity index (χ0n) is 13.3. The molecule has 1 fully saturated rings. The summed E-state index contributed by atoms with van der Waals surface area (Å²) in [6.07, 6.45) is 0. The van der Waals surface area contributed by atoms with Crippen LogP contribution in [0.25, 0.3) is 0 Å². The number of sulfonamides is 1. The van der Waals surface area contributed by atoms with E-state index in [1.165, 1.54) is 11.4 Å². The maximum Gasteiger partial charge on any atom is 0.246 e. The number of carbonyl (C=O) groups excluding carboxylic acids is 1. The minimum atomic E-state index is -3.41. The lowest BCUT2D eigenvalue weighted by Gasteiger charge is -2.33. The lowest BCUT2D eigenvalue weighted by molar-refractivity contribution is -0.124. The molecule has 1 heterocycles. The molecule has 1 aromatic carbocycles. The molecular formula is C15H23N3O4S. The minimum Gasteiger partial charge on any atom is -0.375 e. The van der Waals surface area contributed by atoms with Gasteiger partial charge in [0.2, 0.25) is 15.9 Å². The number of carbonyl (C=O) groups is 1. The van der Waals surface area contributed by atoms with E-state index in [1.54, 1.807) is 30.3 Å². The molecule has 7 nitrogen and oxygen atoms in total. The Morgan fingerprint density at radius 3 is 2.43 bits per heavy atom. The Hall–Kier alpha value is -1.48. The predicted molar refractivity (Wildman–Crippen MR) is 86.5 cm³/mol. The van der Waals surface area contributed by atoms with Crippen LogP contribution in [0.2, 0.25) is 0 Å². The summed E-state index contributed by atoms with van der Waals surface area (Å²) in [5, 5.41) is 2.76. The summed E-state index contributed by atoms with van der Waals surface area (Å²) in [4.78, 5) is 13.8. The van der Waals surface area contributed by atoms with Crippen LogP contribution in [0.1, 0.15) is 0 Å². The predicted octanol–water partition coefficient (Wildman–Crippen LogP) is -0.244. The summed E-state index contributed by atoms with van der Waals surface area (Å²) < 4.78 is 31.3. The Kier molecular flexibility index (Phi) is 6.52. The third-order valence-corrected chi connectivity index (χ3v) is 5.65. The lowest BCUT2D eigenvalue weighted by Crippen LogP contribution is -2.50. The van der Waals surface area contributed by atoms with Crippen molar-refractivity contribution >= 4 is 15.9 Å². The first-order valence-corrected chi connectivity index (χ1v) is 9.01. The zero-order chi connectivity index (χ0) is 16.7. The van der Waals surface area contributed by atoms with Crippen molar-refractivity contribution in [3.63, 3.8) is 0 Å². The van der Waals surface area contributed by atoms with Crippen molar-refractivity contribution < 1.29 is 17.9 Å². The first-order chi connectivity index (χ1) is 11.0. The Morgan fingerprint density at radius 2 is 1.83 bits per heavy atom. The van der Waals surface area contributed by atoms with Gasteiger partial charge in [-0.2, -0.15) is 4.31 Å². The number of hydrogen-bond acceptors (Lipinski definition) is 5. The first-order valence-electron chi connectivity index (χ1n) is 7.57. The molecule has 1 N–H and O–H groups in total. The fourth-order valence-electron chi connectivity index (χ4n) is 2.47. The Balaban J connectivity index is 1.79. The summed E-state index contributed by atoms with van der Waals surface area (Å²) >= 11 is 0. The van der Waals surface area contributed by atoms with Crippen molar-refractivity contribution in [1.29, 1.82) is 0 Å². The fourth-order valence-corrected chi connectivity index (χ4v) is 3.91. The van der Waals surface area contributed by atoms with Gasteiger partial charge in [-0.15, -0.1) is 0 Å². The van der Waals surface area contributed by atoms with Gasteiger partial charge in [0.15, 0.2) is 0 Å². The molecule has 0 unspecified atom stereocenters. The molecule has 1 amide bonds. The van der Waals surface area contributed by atoms with E-state index in [1.807, 2.05) is 0 Å². The first kappa shape index (κ1) is 17.9. The molecule has 1 aromatic rings. The van der Waals surface area contributed by atoms with Gasteiger partial charge in [-0.1, -0.05) is 18.2 Å². The summed E-state index contributed by atoms with van der Waals surface area (Å²) in [5.74, 6) is -0.141. The van der Waals surface area contributed by atoms with Crippen LogP contribution in [-0.2, 0) is 19.6 Å². The van der Waals surface area contributed by atoms with Crippen molar-refractivity contribution in [2.75, 3.05) is 53.0 Å². The standard InChI is InChI=1S/C15H23N3O4S/c1-22-13-15(19)16-7-8-17-9-11-18(12-10-17)23(20,21)14-5-3-2-4-6-14/h2-6H,7-13H2,1H3,(H,16,19). The van der Waals surface area contributed by atoms with Crippen LogP contribution >= 0.6 is 0 Å². The minimum absolute atomic E-state index is 0.0586. The topological polar surface area (TPSA) is 79.0 Å². The molecule has 0 aliphatic carbocycles. The van der Waals surface area contributed by atoms with Gasteiger partial charge in [-0.05, 0) is 12.1 Å². The van der Waals surface area contributed by atoms with E-state index in [0.717, 1.165) is 0 Å². The third kappa shape index (κ3) is 5.00. The number of ether oxygens (including phenoxy) is 1. The fraction of sp³-hybridized carbons (Fsp3) is 0.533. The van der Waals surface area contributed by atoms with Gasteiger partial charge < -0.3 is 10.1 Å². The van der Waals surface area contributed by atoms with Crippen LogP contribution < -0.4 is 5.32 Å². The maximum absolute atomic E-state index is 12.5. The molecule has 23 heavy (non-hydrogen) atoms. The molecule has 1 saturated heterocycles. The molecule has 0 atom stereocenters. The van der Waals surface area contributed by atoms with Crippen LogP contribution in [-0.4, -0.2) is 76.5 Å². The highest BCUT2D eigenvalue weighted by atomic mass is 32.2. The molecule has 0 spiro atoms. The van der Waals surface area contributed by atoms with Gasteiger partial charge in [0.05, 0.1) is 4.90 Å². The van der Waals surface area contributed by atoms with Gasteiger partial charge >= 0.3 is 0 Å². The molecule has 0 saturated carbocycles. The second-order valence-corrected chi connectivity index (χ2v) is 7.28. The van der Waals surface area contributed by atoms with E-state index < -0.39 is 10.0 Å². The number of nitrogens with zero attached hydrogens (tertiary/aromatic N) is 2. The van der Waals surface area contributed by atoms with Crippen LogP contribution in [0.3, 0.4) is 0 Å². The lowest BCUT2D eigenvalue weighted by atomic mass is 10.3. The molecule has 0 radical (unpaired) electrons. The number of methoxy groups -OCH3 is 1. The van der Waals surface area contributed by atoms with Gasteiger partial charge in [-0.25, -0.2) is 8.42 Å². The van der Waals surface area contributed by atoms with Crippen molar-refractivity contribution in [3.8, 4) is 0 Å². The van der Waals surface area contributed by atoms with Crippen LogP contribution in [0, 0.1) is 0 Å². The molecule has 1 aliphatic heterocycles. The third-order valence-electron chi connectivity index (χ3n) is 3.74. The number of nitrogens with one attached hydrogen (secondary N) is 1. The Morgan fingerprint density at radius 1 is 1.17 bits per heavy atom. The van der Waals surface area contributed by atoms with Gasteiger partial charge in [0, 0.05) is 46.4 Å². The van der Waals surface area contributed by atoms with Crippen molar-refractivity contribution in [1.82, 2.24) is 14.5 Å². The van der Waals surface area contributed by atoms with E-state index >= 15 is 0 Å². The largest absolute Gasteiger partial charge is 0.375 e. The smallest absolute Gasteiger partial charge is 0.246 e. The number of piperazine rings is 1. The van der Waals surface area contributed by atoms with Gasteiger partial charge in [0.25, 0.3) is 0 Å². The quantitative estimate of drug-likeness (QED) is 0.740. The van der Waals surface area contributed by atoms with E-state index in [-0.39, 0.29) is 12.5 Å². The van der Waals surface area contributed by atoms with Gasteiger partial charge in [0.1, 0.15) is 6.61 Å². The number of rotatable bonds is 7. The molecule has 8 heteroatoms. The molecule has 2 rings (SSSR count). The monoisotopic (exact) mass is 341 g/mol. The number of hydrogen-bond donors (Lipinski definition) is 1. The summed E-state index contributed by atoms with van der Waals surface area (Å²) in [6, 6.07) is 8.49. The molecular weight excluding hydrogens is 318 g/mol. The van der Waals surface area contributed by atoms with Gasteiger partial charge in [-0.3, -0.25) is 9.69 Å². The van der Waals surface area contributed by atoms with Crippen LogP contribution in [0.15, 0.2) is 35.2 Å². The highest BCUT2D eigenvalue weighted by Gasteiger charge is 2.27. The van der Waals surface area contributed by atoms with Crippen molar-refractivity contribution in [3.05, 3.63) is 30.3 Å². The highest BCUT2D eigenvalue weighted by molar-refractivity contribution is 7.89. The second-order valence-electron chi connectivity index (χ2n) is 5.34. The van der Waals surface area contributed by atoms with Crippen LogP contribution in [0.5, 0.6) is 0 Å². The van der Waals surface area contributed by atoms with Crippen molar-refractivity contribution in [2.24, 2.45) is 0 Å². The average Bonchev–Trinajstić information content (AvgIpc) is 2.56. The van der Waals surface area contributed by atoms with E-state index in [0.29, 0.717) is 44.2 Å². The molecule has 0 aromatic heterocycles. The summed E-state index contributed by atoms with van der Waals surface area (Å²) in [5.41, 5.74) is 0. The Bertz CT molecular complexity index is 598. The highest BCUT2D eigenvalue weighted by Crippen LogP contribution is 2.16. The van der Waals surface area contributed by atoms with Crippen LogP contribution in [0.4, 0.5) is 0 Å². The maximum atomic E-state index is 12.5. The number of amides is 1. The summed E-state index contributed by atoms with van der Waals surface area (Å²) in [6.45, 7) is 3.54. The average molecular weight is 341 g/mol. The number of benzene rings is 1. The van der Waals surface area contributed by atoms with E-state index in [2.05, 4.69) is 10.2 Å². The molecule has 0 bridgehead atoms. The SMILES string of the molecule is COCC(=O)NCCN1CCN(S(=O)(=O)c2ccccc2)CC1. The second kappa shape index (κ2) is 8.39. The Labute approximate surface area is 137 Å². The normalized spacial score (nSPS) is 17.1. The van der Waals surface area contributed by atoms with E-state index in [9.17, 15) is 13.2 Å². The van der Waals surface area contributed by atoms with Crippen molar-refractivity contribution in [2.45, 2.75) is 4.90 Å². The zero-order valence-corrected chi connectivity index (χ0v) is 14.1. The van der Waals surface area contributed by atoms with E-state index in [4.69, 9.17) is 4.74 Å². The molecule has 1 aliphatic rings.